The second-order valence-corrected chi connectivity index (χ2v) is 7.60. The minimum absolute atomic E-state index is 0.884. The molecule has 0 radical (unpaired) electrons. The van der Waals surface area contributed by atoms with E-state index in [1.165, 1.54) is 5.56 Å². The van der Waals surface area contributed by atoms with E-state index in [-0.39, 0.29) is 0 Å². The molecular formula is C21H23ClF6N4O4. The van der Waals surface area contributed by atoms with Gasteiger partial charge in [-0.05, 0) is 31.0 Å². The summed E-state index contributed by atoms with van der Waals surface area (Å²) in [6.45, 7) is 5.33. The Bertz CT molecular complexity index is 931. The third-order valence-electron chi connectivity index (χ3n) is 4.61. The van der Waals surface area contributed by atoms with Crippen molar-refractivity contribution in [1.82, 2.24) is 14.9 Å². The standard InChI is InChI=1S/C17H21ClN4.2C2HF3O2/c18-16-6-2-1-4-15(16)5-3-9-21-10-12-22(13-11-21)17-14-19-7-8-20-17;2*3-2(4,5)1(6)7/h1-2,4,6-8,14H,3,5,9-13H2;2*(H,6,7). The van der Waals surface area contributed by atoms with E-state index in [1.807, 2.05) is 18.3 Å². The van der Waals surface area contributed by atoms with Crippen LogP contribution in [-0.2, 0) is 16.0 Å². The highest BCUT2D eigenvalue weighted by molar-refractivity contribution is 6.31. The quantitative estimate of drug-likeness (QED) is 0.541. The van der Waals surface area contributed by atoms with Crippen LogP contribution in [-0.4, -0.2) is 82.1 Å². The molecule has 1 saturated heterocycles. The summed E-state index contributed by atoms with van der Waals surface area (Å²) in [6, 6.07) is 8.13. The van der Waals surface area contributed by atoms with Crippen LogP contribution in [0.5, 0.6) is 0 Å². The summed E-state index contributed by atoms with van der Waals surface area (Å²) in [7, 11) is 0. The van der Waals surface area contributed by atoms with Gasteiger partial charge in [0.2, 0.25) is 0 Å². The van der Waals surface area contributed by atoms with Crippen molar-refractivity contribution in [2.45, 2.75) is 25.2 Å². The van der Waals surface area contributed by atoms with E-state index in [1.54, 1.807) is 12.4 Å². The van der Waals surface area contributed by atoms with Crippen LogP contribution in [0.4, 0.5) is 32.2 Å². The van der Waals surface area contributed by atoms with Gasteiger partial charge in [0.05, 0.1) is 6.20 Å². The number of aryl methyl sites for hydroxylation is 1. The van der Waals surface area contributed by atoms with E-state index in [4.69, 9.17) is 31.4 Å². The fourth-order valence-corrected chi connectivity index (χ4v) is 3.08. The van der Waals surface area contributed by atoms with Gasteiger partial charge in [0.1, 0.15) is 5.82 Å². The molecule has 0 bridgehead atoms. The van der Waals surface area contributed by atoms with Crippen molar-refractivity contribution in [3.05, 3.63) is 53.4 Å². The Morgan fingerprint density at radius 1 is 0.917 bits per heavy atom. The van der Waals surface area contributed by atoms with E-state index in [0.717, 1.165) is 56.4 Å². The Balaban J connectivity index is 0.000000383. The highest BCUT2D eigenvalue weighted by Crippen LogP contribution is 2.17. The summed E-state index contributed by atoms with van der Waals surface area (Å²) in [5.41, 5.74) is 1.25. The van der Waals surface area contributed by atoms with E-state index >= 15 is 0 Å². The molecule has 1 aromatic heterocycles. The zero-order chi connectivity index (χ0) is 27.4. The average molecular weight is 545 g/mol. The summed E-state index contributed by atoms with van der Waals surface area (Å²) >= 11 is 6.20. The smallest absolute Gasteiger partial charge is 0.475 e. The lowest BCUT2D eigenvalue weighted by Crippen LogP contribution is -2.47. The second-order valence-electron chi connectivity index (χ2n) is 7.19. The maximum Gasteiger partial charge on any atom is 0.490 e. The molecule has 1 aliphatic heterocycles. The number of anilines is 1. The molecular weight excluding hydrogens is 522 g/mol. The number of aromatic nitrogens is 2. The first-order valence-corrected chi connectivity index (χ1v) is 10.7. The second kappa shape index (κ2) is 14.4. The van der Waals surface area contributed by atoms with Gasteiger partial charge in [0.15, 0.2) is 0 Å². The van der Waals surface area contributed by atoms with Gasteiger partial charge in [-0.25, -0.2) is 14.6 Å². The number of alkyl halides is 6. The minimum Gasteiger partial charge on any atom is -0.475 e. The Kier molecular flexibility index (Phi) is 12.4. The first-order valence-electron chi connectivity index (χ1n) is 10.3. The summed E-state index contributed by atoms with van der Waals surface area (Å²) in [6.07, 6.45) is -2.66. The maximum atomic E-state index is 10.6. The van der Waals surface area contributed by atoms with E-state index in [2.05, 4.69) is 31.9 Å². The van der Waals surface area contributed by atoms with Crippen LogP contribution in [0.2, 0.25) is 5.02 Å². The Hall–Kier alpha value is -3.13. The number of piperazine rings is 1. The number of hydrogen-bond acceptors (Lipinski definition) is 6. The van der Waals surface area contributed by atoms with Crippen LogP contribution < -0.4 is 4.90 Å². The molecule has 3 rings (SSSR count). The molecule has 8 nitrogen and oxygen atoms in total. The van der Waals surface area contributed by atoms with Gasteiger partial charge in [-0.1, -0.05) is 29.8 Å². The number of halogens is 7. The van der Waals surface area contributed by atoms with Crippen molar-refractivity contribution in [2.24, 2.45) is 0 Å². The molecule has 0 unspecified atom stereocenters. The van der Waals surface area contributed by atoms with Crippen LogP contribution in [0.1, 0.15) is 12.0 Å². The predicted octanol–water partition coefficient (Wildman–Crippen LogP) is 4.15. The zero-order valence-electron chi connectivity index (χ0n) is 18.6. The molecule has 1 aliphatic rings. The van der Waals surface area contributed by atoms with E-state index < -0.39 is 24.3 Å². The summed E-state index contributed by atoms with van der Waals surface area (Å²) in [5.74, 6) is -4.53. The van der Waals surface area contributed by atoms with Crippen molar-refractivity contribution < 1.29 is 46.1 Å². The molecule has 2 N–H and O–H groups in total. The molecule has 2 aromatic rings. The molecule has 2 heterocycles. The number of nitrogens with zero attached hydrogens (tertiary/aromatic N) is 4. The van der Waals surface area contributed by atoms with Crippen molar-refractivity contribution >= 4 is 29.4 Å². The van der Waals surface area contributed by atoms with Crippen LogP contribution in [0, 0.1) is 0 Å². The molecule has 0 spiro atoms. The van der Waals surface area contributed by atoms with Gasteiger partial charge in [0.25, 0.3) is 0 Å². The molecule has 0 amide bonds. The SMILES string of the molecule is Clc1ccccc1CCCN1CCN(c2cnccn2)CC1.O=C(O)C(F)(F)F.O=C(O)C(F)(F)F. The molecule has 15 heteroatoms. The highest BCUT2D eigenvalue weighted by atomic mass is 35.5. The molecule has 1 aromatic carbocycles. The van der Waals surface area contributed by atoms with Gasteiger partial charge in [0, 0.05) is 43.6 Å². The maximum absolute atomic E-state index is 10.6. The topological polar surface area (TPSA) is 107 Å². The number of carboxylic acids is 2. The Labute approximate surface area is 207 Å². The molecule has 0 aliphatic carbocycles. The van der Waals surface area contributed by atoms with Crippen molar-refractivity contribution in [2.75, 3.05) is 37.6 Å². The Morgan fingerprint density at radius 2 is 1.44 bits per heavy atom. The van der Waals surface area contributed by atoms with E-state index in [0.29, 0.717) is 0 Å². The molecule has 0 atom stereocenters. The van der Waals surface area contributed by atoms with Gasteiger partial charge in [-0.15, -0.1) is 0 Å². The number of aliphatic carboxylic acids is 2. The van der Waals surface area contributed by atoms with Crippen molar-refractivity contribution in [3.8, 4) is 0 Å². The van der Waals surface area contributed by atoms with E-state index in [9.17, 15) is 26.3 Å². The fraction of sp³-hybridized carbons (Fsp3) is 0.429. The minimum atomic E-state index is -5.08. The van der Waals surface area contributed by atoms with Gasteiger partial charge < -0.3 is 15.1 Å². The van der Waals surface area contributed by atoms with Crippen LogP contribution in [0.3, 0.4) is 0 Å². The third kappa shape index (κ3) is 12.0. The van der Waals surface area contributed by atoms with Gasteiger partial charge in [-0.2, -0.15) is 26.3 Å². The summed E-state index contributed by atoms with van der Waals surface area (Å²) < 4.78 is 63.5. The van der Waals surface area contributed by atoms with Crippen LogP contribution in [0.25, 0.3) is 0 Å². The third-order valence-corrected chi connectivity index (χ3v) is 4.98. The lowest BCUT2D eigenvalue weighted by atomic mass is 10.1. The predicted molar refractivity (Wildman–Crippen MR) is 118 cm³/mol. The number of rotatable bonds is 5. The molecule has 0 saturated carbocycles. The van der Waals surface area contributed by atoms with Gasteiger partial charge in [-0.3, -0.25) is 9.88 Å². The largest absolute Gasteiger partial charge is 0.490 e. The molecule has 1 fully saturated rings. The first kappa shape index (κ1) is 30.9. The lowest BCUT2D eigenvalue weighted by molar-refractivity contribution is -0.193. The Morgan fingerprint density at radius 3 is 1.89 bits per heavy atom. The zero-order valence-corrected chi connectivity index (χ0v) is 19.4. The highest BCUT2D eigenvalue weighted by Gasteiger charge is 2.38. The normalized spacial score (nSPS) is 14.1. The number of carboxylic acid groups (broad SMARTS) is 2. The number of hydrogen-bond donors (Lipinski definition) is 2. The first-order chi connectivity index (χ1) is 16.7. The molecule has 36 heavy (non-hydrogen) atoms. The fourth-order valence-electron chi connectivity index (χ4n) is 2.85. The number of carbonyl (C=O) groups is 2. The average Bonchev–Trinajstić information content (AvgIpc) is 2.81. The van der Waals surface area contributed by atoms with Crippen LogP contribution in [0.15, 0.2) is 42.9 Å². The van der Waals surface area contributed by atoms with Crippen molar-refractivity contribution in [3.63, 3.8) is 0 Å². The monoisotopic (exact) mass is 544 g/mol. The van der Waals surface area contributed by atoms with Crippen LogP contribution >= 0.6 is 11.6 Å². The van der Waals surface area contributed by atoms with Gasteiger partial charge >= 0.3 is 24.3 Å². The molecule has 200 valence electrons. The summed E-state index contributed by atoms with van der Waals surface area (Å²) in [5, 5.41) is 15.1. The van der Waals surface area contributed by atoms with Crippen molar-refractivity contribution in [1.29, 1.82) is 0 Å². The summed E-state index contributed by atoms with van der Waals surface area (Å²) in [4.78, 5) is 31.1. The number of benzene rings is 1. The lowest BCUT2D eigenvalue weighted by Gasteiger charge is -2.35.